The summed E-state index contributed by atoms with van der Waals surface area (Å²) in [6.07, 6.45) is -3.81. The monoisotopic (exact) mass is 320 g/mol. The third kappa shape index (κ3) is 4.20. The van der Waals surface area contributed by atoms with Crippen molar-refractivity contribution < 1.29 is 18.0 Å². The van der Waals surface area contributed by atoms with Gasteiger partial charge in [0.15, 0.2) is 0 Å². The number of thiophene rings is 1. The average Bonchev–Trinajstić information content (AvgIpc) is 3.00. The molecule has 0 saturated carbocycles. The van der Waals surface area contributed by atoms with Crippen LogP contribution in [0.1, 0.15) is 43.6 Å². The second-order valence-corrected chi connectivity index (χ2v) is 6.16. The lowest BCUT2D eigenvalue weighted by molar-refractivity contribution is -0.140. The fraction of sp³-hybridized carbons (Fsp3) is 0.643. The summed E-state index contributed by atoms with van der Waals surface area (Å²) in [4.78, 5) is 14.9. The van der Waals surface area contributed by atoms with E-state index in [-0.39, 0.29) is 31.1 Å². The first kappa shape index (κ1) is 16.3. The summed E-state index contributed by atoms with van der Waals surface area (Å²) < 4.78 is 36.8. The average molecular weight is 320 g/mol. The Hall–Kier alpha value is -1.08. The van der Waals surface area contributed by atoms with Crippen LogP contribution >= 0.6 is 11.3 Å². The highest BCUT2D eigenvalue weighted by Crippen LogP contribution is 2.31. The quantitative estimate of drug-likeness (QED) is 0.867. The Morgan fingerprint density at radius 1 is 1.43 bits per heavy atom. The number of carbonyl (C=O) groups excluding carboxylic acids is 1. The second-order valence-electron chi connectivity index (χ2n) is 5.18. The number of nitrogens with zero attached hydrogens (tertiary/aromatic N) is 1. The molecular weight excluding hydrogens is 301 g/mol. The molecule has 2 heterocycles. The standard InChI is InChI=1S/C14H19F3N2OS/c1-2-5-10-13(20)19(8-4-7-14(15,16)17)12(18-10)11-6-3-9-21-11/h3,6,9-10,12,18H,2,4-5,7-8H2,1H3. The zero-order chi connectivity index (χ0) is 15.5. The van der Waals surface area contributed by atoms with Crippen molar-refractivity contribution in [3.05, 3.63) is 22.4 Å². The molecule has 2 rings (SSSR count). The lowest BCUT2D eigenvalue weighted by Gasteiger charge is -2.23. The molecule has 1 aliphatic heterocycles. The number of alkyl halides is 3. The maximum Gasteiger partial charge on any atom is 0.389 e. The van der Waals surface area contributed by atoms with Gasteiger partial charge in [-0.05, 0) is 24.3 Å². The van der Waals surface area contributed by atoms with Gasteiger partial charge in [0, 0.05) is 17.8 Å². The highest BCUT2D eigenvalue weighted by Gasteiger charge is 2.39. The number of carbonyl (C=O) groups is 1. The zero-order valence-corrected chi connectivity index (χ0v) is 12.6. The van der Waals surface area contributed by atoms with E-state index in [1.54, 1.807) is 4.90 Å². The minimum Gasteiger partial charge on any atom is -0.321 e. The van der Waals surface area contributed by atoms with Crippen LogP contribution in [0.2, 0.25) is 0 Å². The van der Waals surface area contributed by atoms with Crippen molar-refractivity contribution >= 4 is 17.2 Å². The molecule has 21 heavy (non-hydrogen) atoms. The summed E-state index contributed by atoms with van der Waals surface area (Å²) in [5.41, 5.74) is 0. The Bertz CT molecular complexity index is 461. The summed E-state index contributed by atoms with van der Waals surface area (Å²) in [5, 5.41) is 5.15. The molecule has 0 spiro atoms. The largest absolute Gasteiger partial charge is 0.389 e. The minimum atomic E-state index is -4.17. The van der Waals surface area contributed by atoms with Gasteiger partial charge in [-0.1, -0.05) is 19.4 Å². The molecule has 1 aromatic rings. The van der Waals surface area contributed by atoms with Crippen LogP contribution in [0.4, 0.5) is 13.2 Å². The van der Waals surface area contributed by atoms with Gasteiger partial charge in [0.25, 0.3) is 0 Å². The first-order chi connectivity index (χ1) is 9.92. The van der Waals surface area contributed by atoms with Crippen molar-refractivity contribution in [2.75, 3.05) is 6.54 Å². The van der Waals surface area contributed by atoms with E-state index in [0.717, 1.165) is 11.3 Å². The second kappa shape index (κ2) is 6.79. The smallest absolute Gasteiger partial charge is 0.321 e. The molecule has 1 aromatic heterocycles. The van der Waals surface area contributed by atoms with Crippen molar-refractivity contribution in [1.29, 1.82) is 0 Å². The van der Waals surface area contributed by atoms with Gasteiger partial charge < -0.3 is 4.90 Å². The summed E-state index contributed by atoms with van der Waals surface area (Å²) >= 11 is 1.51. The predicted octanol–water partition coefficient (Wildman–Crippen LogP) is 3.69. The summed E-state index contributed by atoms with van der Waals surface area (Å²) in [5.74, 6) is -0.0857. The zero-order valence-electron chi connectivity index (χ0n) is 11.8. The Kier molecular flexibility index (Phi) is 5.27. The summed E-state index contributed by atoms with van der Waals surface area (Å²) in [6, 6.07) is 3.50. The van der Waals surface area contributed by atoms with E-state index in [2.05, 4.69) is 5.32 Å². The van der Waals surface area contributed by atoms with E-state index < -0.39 is 12.6 Å². The molecule has 0 aliphatic carbocycles. The molecule has 1 saturated heterocycles. The molecule has 0 bridgehead atoms. The molecule has 118 valence electrons. The van der Waals surface area contributed by atoms with E-state index in [4.69, 9.17) is 0 Å². The molecule has 3 nitrogen and oxygen atoms in total. The molecule has 1 fully saturated rings. The number of halogens is 3. The van der Waals surface area contributed by atoms with Crippen molar-refractivity contribution in [2.45, 2.75) is 51.0 Å². The van der Waals surface area contributed by atoms with Crippen LogP contribution in [0.3, 0.4) is 0 Å². The van der Waals surface area contributed by atoms with Crippen molar-refractivity contribution in [2.24, 2.45) is 0 Å². The maximum absolute atomic E-state index is 12.3. The predicted molar refractivity (Wildman–Crippen MR) is 75.9 cm³/mol. The van der Waals surface area contributed by atoms with E-state index >= 15 is 0 Å². The van der Waals surface area contributed by atoms with Crippen LogP contribution in [0.5, 0.6) is 0 Å². The topological polar surface area (TPSA) is 32.3 Å². The van der Waals surface area contributed by atoms with Crippen molar-refractivity contribution in [3.63, 3.8) is 0 Å². The van der Waals surface area contributed by atoms with Crippen LogP contribution in [0.15, 0.2) is 17.5 Å². The Morgan fingerprint density at radius 2 is 2.19 bits per heavy atom. The van der Waals surface area contributed by atoms with Crippen LogP contribution in [-0.4, -0.2) is 29.6 Å². The van der Waals surface area contributed by atoms with Gasteiger partial charge in [-0.3, -0.25) is 10.1 Å². The van der Waals surface area contributed by atoms with E-state index in [9.17, 15) is 18.0 Å². The van der Waals surface area contributed by atoms with Gasteiger partial charge in [-0.2, -0.15) is 13.2 Å². The number of amides is 1. The lowest BCUT2D eigenvalue weighted by atomic mass is 10.1. The fourth-order valence-corrected chi connectivity index (χ4v) is 3.34. The Morgan fingerprint density at radius 3 is 2.76 bits per heavy atom. The first-order valence-electron chi connectivity index (χ1n) is 7.09. The summed E-state index contributed by atoms with van der Waals surface area (Å²) in [7, 11) is 0. The van der Waals surface area contributed by atoms with Crippen LogP contribution in [0.25, 0.3) is 0 Å². The molecular formula is C14H19F3N2OS. The highest BCUT2D eigenvalue weighted by atomic mass is 32.1. The molecule has 1 amide bonds. The van der Waals surface area contributed by atoms with E-state index in [1.165, 1.54) is 11.3 Å². The molecule has 0 aromatic carbocycles. The molecule has 2 atom stereocenters. The SMILES string of the molecule is CCCC1NC(c2cccs2)N(CCCC(F)(F)F)C1=O. The van der Waals surface area contributed by atoms with Crippen LogP contribution in [-0.2, 0) is 4.79 Å². The maximum atomic E-state index is 12.3. The van der Waals surface area contributed by atoms with Gasteiger partial charge in [0.05, 0.1) is 6.04 Å². The van der Waals surface area contributed by atoms with Gasteiger partial charge >= 0.3 is 6.18 Å². The van der Waals surface area contributed by atoms with Gasteiger partial charge in [-0.15, -0.1) is 11.3 Å². The molecule has 1 aliphatic rings. The van der Waals surface area contributed by atoms with Crippen molar-refractivity contribution in [3.8, 4) is 0 Å². The number of nitrogens with one attached hydrogen (secondary N) is 1. The first-order valence-corrected chi connectivity index (χ1v) is 7.97. The Balaban J connectivity index is 2.04. The Labute approximate surface area is 126 Å². The normalized spacial score (nSPS) is 23.0. The fourth-order valence-electron chi connectivity index (χ4n) is 2.55. The van der Waals surface area contributed by atoms with Gasteiger partial charge in [-0.25, -0.2) is 0 Å². The summed E-state index contributed by atoms with van der Waals surface area (Å²) in [6.45, 7) is 2.12. The van der Waals surface area contributed by atoms with Gasteiger partial charge in [0.2, 0.25) is 5.91 Å². The van der Waals surface area contributed by atoms with Gasteiger partial charge in [0.1, 0.15) is 6.17 Å². The minimum absolute atomic E-state index is 0.0579. The molecule has 7 heteroatoms. The number of rotatable bonds is 6. The van der Waals surface area contributed by atoms with Crippen LogP contribution < -0.4 is 5.32 Å². The van der Waals surface area contributed by atoms with E-state index in [1.807, 2.05) is 24.4 Å². The third-order valence-corrected chi connectivity index (χ3v) is 4.43. The molecule has 0 radical (unpaired) electrons. The highest BCUT2D eigenvalue weighted by molar-refractivity contribution is 7.10. The van der Waals surface area contributed by atoms with Crippen LogP contribution in [0, 0.1) is 0 Å². The molecule has 1 N–H and O–H groups in total. The number of hydrogen-bond acceptors (Lipinski definition) is 3. The van der Waals surface area contributed by atoms with E-state index in [0.29, 0.717) is 6.42 Å². The number of hydrogen-bond donors (Lipinski definition) is 1. The molecule has 2 unspecified atom stereocenters. The third-order valence-electron chi connectivity index (χ3n) is 3.50. The lowest BCUT2D eigenvalue weighted by Crippen LogP contribution is -2.32. The van der Waals surface area contributed by atoms with Crippen molar-refractivity contribution in [1.82, 2.24) is 10.2 Å².